The van der Waals surface area contributed by atoms with Crippen molar-refractivity contribution in [2.75, 3.05) is 71.0 Å². The summed E-state index contributed by atoms with van der Waals surface area (Å²) in [5.41, 5.74) is 4.55. The second kappa shape index (κ2) is 26.4. The molecule has 0 unspecified atom stereocenters. The summed E-state index contributed by atoms with van der Waals surface area (Å²) in [6, 6.07) is 16.0. The Hall–Kier alpha value is -5.55. The zero-order valence-electron chi connectivity index (χ0n) is 45.7. The fourth-order valence-electron chi connectivity index (χ4n) is 10.7. The van der Waals surface area contributed by atoms with Gasteiger partial charge in [0.25, 0.3) is 11.8 Å². The second-order valence-electron chi connectivity index (χ2n) is 20.8. The van der Waals surface area contributed by atoms with Crippen LogP contribution in [0, 0.1) is 48.3 Å². The van der Waals surface area contributed by atoms with Crippen molar-refractivity contribution in [2.24, 2.45) is 11.8 Å². The van der Waals surface area contributed by atoms with Crippen molar-refractivity contribution in [3.05, 3.63) is 105 Å². The summed E-state index contributed by atoms with van der Waals surface area (Å²) in [5, 5.41) is 35.8. The van der Waals surface area contributed by atoms with E-state index < -0.39 is 63.2 Å². The molecule has 5 N–H and O–H groups in total. The van der Waals surface area contributed by atoms with E-state index in [1.807, 2.05) is 37.1 Å². The van der Waals surface area contributed by atoms with E-state index in [0.29, 0.717) is 83.4 Å². The highest BCUT2D eigenvalue weighted by atomic mass is 36.0. The molecule has 10 rings (SSSR count). The topological polar surface area (TPSA) is 351 Å². The number of aromatic nitrogens is 6. The van der Waals surface area contributed by atoms with Gasteiger partial charge in [0.05, 0.1) is 88.6 Å². The van der Waals surface area contributed by atoms with Gasteiger partial charge in [0.1, 0.15) is 17.7 Å². The van der Waals surface area contributed by atoms with Crippen molar-refractivity contribution in [1.29, 1.82) is 10.5 Å². The maximum atomic E-state index is 13.8. The largest absolute Gasteiger partial charge is 0.469 e. The molecule has 2 amide bonds. The van der Waals surface area contributed by atoms with E-state index in [1.54, 1.807) is 36.0 Å². The molecular weight excluding hydrogens is 1290 g/mol. The molecule has 6 atom stereocenters. The number of nitriles is 2. The molecule has 4 aromatic heterocycles. The molecule has 4 aliphatic rings. The van der Waals surface area contributed by atoms with E-state index in [9.17, 15) is 61.0 Å². The van der Waals surface area contributed by atoms with Gasteiger partial charge in [-0.2, -0.15) is 20.7 Å². The molecule has 4 fully saturated rings. The number of halogens is 5. The molecule has 0 spiro atoms. The number of hydrogen-bond donors (Lipinski definition) is 5. The number of phosphoric acid groups is 1. The summed E-state index contributed by atoms with van der Waals surface area (Å²) in [5.74, 6) is -0.732. The van der Waals surface area contributed by atoms with E-state index in [0.717, 1.165) is 49.3 Å². The van der Waals surface area contributed by atoms with Crippen LogP contribution in [0.2, 0.25) is 10.0 Å². The van der Waals surface area contributed by atoms with E-state index in [2.05, 4.69) is 49.2 Å². The van der Waals surface area contributed by atoms with Crippen LogP contribution in [0.15, 0.2) is 60.9 Å². The van der Waals surface area contributed by atoms with Gasteiger partial charge in [0, 0.05) is 85.0 Å². The Morgan fingerprint density at radius 1 is 0.671 bits per heavy atom. The van der Waals surface area contributed by atoms with E-state index in [4.69, 9.17) is 47.9 Å². The number of hydrogen-bond acceptors (Lipinski definition) is 18. The Kier molecular flexibility index (Phi) is 20.3. The SMILES string of the molecule is Cc1cn2nc([C@@H]3CCCCN3C(=O)c3cc(Cl)ccc3NS(C)(=O)=O)cc2nc1N1C[C@@H](C#N)[C@@H](O)C1.Cc1cn2nc([C@@H]3CCCCN3C(=O)c3cc(Cl)ccc3NS(C)(=O)=O)cc2nc1N1C[C@@H](C#N)[C@@H](OP(=O)(O)O)C1.O=P(Cl)(Cl)Cl. The number of rotatable bonds is 12. The third-order valence-corrected chi connectivity index (χ3v) is 16.4. The number of benzene rings is 2. The number of piperidine rings is 2. The number of sulfonamides is 2. The number of phosphoric ester groups is 1. The smallest absolute Gasteiger partial charge is 0.390 e. The predicted octanol–water partition coefficient (Wildman–Crippen LogP) is 8.43. The number of nitrogens with one attached hydrogen (secondary N) is 2. The van der Waals surface area contributed by atoms with Crippen LogP contribution in [0.3, 0.4) is 0 Å². The first kappa shape index (κ1) is 65.4. The quantitative estimate of drug-likeness (QED) is 0.0717. The lowest BCUT2D eigenvalue weighted by atomic mass is 9.98. The fourth-order valence-corrected chi connectivity index (χ4v) is 12.7. The second-order valence-corrected chi connectivity index (χ2v) is 33.0. The van der Waals surface area contributed by atoms with Gasteiger partial charge in [-0.05, 0) is 122 Å². The van der Waals surface area contributed by atoms with Crippen molar-refractivity contribution in [3.8, 4) is 12.1 Å². The number of β-amino-alcohol motifs (C(OH)–C–C–N with tert-alkyl or cyclic N) is 1. The van der Waals surface area contributed by atoms with Crippen LogP contribution >= 0.6 is 69.9 Å². The Bertz CT molecular complexity index is 3970. The first-order valence-corrected chi connectivity index (χ1v) is 36.6. The molecular formula is C50H57Cl5N14O12P2S2. The number of anilines is 4. The lowest BCUT2D eigenvalue weighted by Crippen LogP contribution is -2.39. The van der Waals surface area contributed by atoms with Crippen LogP contribution in [-0.4, -0.2) is 147 Å². The summed E-state index contributed by atoms with van der Waals surface area (Å²) >= 11 is 26.2. The summed E-state index contributed by atoms with van der Waals surface area (Å²) in [7, 11) is -12.0. The number of nitrogens with zero attached hydrogens (tertiary/aromatic N) is 12. The maximum absolute atomic E-state index is 13.8. The van der Waals surface area contributed by atoms with Gasteiger partial charge in [-0.15, -0.1) is 0 Å². The van der Waals surface area contributed by atoms with Crippen molar-refractivity contribution in [3.63, 3.8) is 0 Å². The lowest BCUT2D eigenvalue weighted by Gasteiger charge is -2.35. The van der Waals surface area contributed by atoms with Crippen LogP contribution in [0.5, 0.6) is 0 Å². The van der Waals surface area contributed by atoms with Gasteiger partial charge in [0.2, 0.25) is 20.0 Å². The van der Waals surface area contributed by atoms with Gasteiger partial charge < -0.3 is 34.5 Å². The first-order chi connectivity index (χ1) is 39.8. The number of amides is 2. The lowest BCUT2D eigenvalue weighted by molar-refractivity contribution is 0.0600. The molecule has 35 heteroatoms. The number of aryl methyl sites for hydroxylation is 2. The van der Waals surface area contributed by atoms with E-state index >= 15 is 0 Å². The van der Waals surface area contributed by atoms with Crippen molar-refractivity contribution < 1.29 is 55.0 Å². The van der Waals surface area contributed by atoms with Gasteiger partial charge in [0.15, 0.2) is 11.3 Å². The standard InChI is InChI=1S/C25H29ClN7O7PS.C25H28ClN7O4S.Cl3OP/c1-15-12-33-23(28-24(15)31-13-16(11-27)22(14-31)40-41(35,36)37)10-20(29-33)21-5-3-4-8-32(21)25(34)18-9-17(26)6-7-19(18)30-42(2,38)39;1-15-12-33-23(28-24(15)31-13-16(11-27)22(34)14-31)10-20(29-33)21-5-3-4-8-32(21)25(35)18-9-17(26)6-7-19(18)30-38(2,36)37;1-5(2,3)4/h6-7,9-10,12,16,21-22,30H,3-5,8,13-14H2,1-2H3,(H2,35,36,37);6-7,9-10,12,16,21-22,30,34H,3-5,8,13-14H2,1-2H3;/t2*16-,21+,22+;/m11./s1. The normalized spacial score (nSPS) is 21.2. The molecule has 4 aliphatic heterocycles. The summed E-state index contributed by atoms with van der Waals surface area (Å²) < 4.78 is 81.5. The number of carbonyl (C=O) groups excluding carboxylic acids is 2. The molecule has 85 heavy (non-hydrogen) atoms. The van der Waals surface area contributed by atoms with Crippen LogP contribution in [0.4, 0.5) is 23.0 Å². The molecule has 0 radical (unpaired) electrons. The van der Waals surface area contributed by atoms with Crippen molar-refractivity contribution >= 4 is 136 Å². The van der Waals surface area contributed by atoms with Crippen molar-refractivity contribution in [2.45, 2.75) is 76.7 Å². The van der Waals surface area contributed by atoms with Crippen LogP contribution in [0.25, 0.3) is 11.3 Å². The van der Waals surface area contributed by atoms with Gasteiger partial charge in [-0.1, -0.05) is 23.2 Å². The highest BCUT2D eigenvalue weighted by Gasteiger charge is 2.40. The van der Waals surface area contributed by atoms with Crippen molar-refractivity contribution in [1.82, 2.24) is 39.0 Å². The molecule has 8 heterocycles. The summed E-state index contributed by atoms with van der Waals surface area (Å²) in [4.78, 5) is 62.6. The van der Waals surface area contributed by atoms with Gasteiger partial charge >= 0.3 is 13.0 Å². The molecule has 0 aliphatic carbocycles. The molecule has 0 bridgehead atoms. The molecule has 26 nitrogen and oxygen atoms in total. The Balaban J connectivity index is 0.000000206. The number of likely N-dealkylation sites (tertiary alicyclic amines) is 2. The number of aliphatic hydroxyl groups is 1. The zero-order valence-corrected chi connectivity index (χ0v) is 52.9. The van der Waals surface area contributed by atoms with E-state index in [1.165, 1.54) is 36.4 Å². The zero-order chi connectivity index (χ0) is 62.1. The number of fused-ring (bicyclic) bond motifs is 2. The molecule has 6 aromatic rings. The molecule has 0 saturated carbocycles. The predicted molar refractivity (Wildman–Crippen MR) is 321 cm³/mol. The summed E-state index contributed by atoms with van der Waals surface area (Å²) in [6.45, 7) is 5.62. The fraction of sp³-hybridized carbons (Fsp3) is 0.440. The highest BCUT2D eigenvalue weighted by Crippen LogP contribution is 2.61. The van der Waals surface area contributed by atoms with Gasteiger partial charge in [-0.3, -0.25) is 28.1 Å². The Morgan fingerprint density at radius 3 is 1.47 bits per heavy atom. The Labute approximate surface area is 513 Å². The van der Waals surface area contributed by atoms with Crippen LogP contribution in [0.1, 0.15) is 93.8 Å². The minimum absolute atomic E-state index is 0.0722. The summed E-state index contributed by atoms with van der Waals surface area (Å²) in [6.07, 6.45) is 8.61. The van der Waals surface area contributed by atoms with Gasteiger partial charge in [-0.25, -0.2) is 40.4 Å². The average Bonchev–Trinajstić information content (AvgIpc) is 2.08. The monoisotopic (exact) mass is 1350 g/mol. The molecule has 4 saturated heterocycles. The third-order valence-electron chi connectivity index (χ3n) is 14.2. The van der Waals surface area contributed by atoms with E-state index in [-0.39, 0.29) is 53.4 Å². The highest BCUT2D eigenvalue weighted by molar-refractivity contribution is 8.24. The molecule has 456 valence electrons. The third kappa shape index (κ3) is 16.7. The maximum Gasteiger partial charge on any atom is 0.469 e. The first-order valence-electron chi connectivity index (χ1n) is 26.1. The minimum atomic E-state index is -4.79. The number of carbonyl (C=O) groups is 2. The minimum Gasteiger partial charge on any atom is -0.390 e. The average molecular weight is 1350 g/mol. The number of aliphatic hydroxyl groups excluding tert-OH is 1. The van der Waals surface area contributed by atoms with Crippen LogP contribution in [-0.2, 0) is 33.7 Å². The van der Waals surface area contributed by atoms with Crippen LogP contribution < -0.4 is 19.2 Å². The Morgan fingerprint density at radius 2 is 1.08 bits per heavy atom. The molecule has 2 aromatic carbocycles.